The van der Waals surface area contributed by atoms with Gasteiger partial charge in [0.05, 0.1) is 6.20 Å². The van der Waals surface area contributed by atoms with E-state index in [4.69, 9.17) is 4.74 Å². The topological polar surface area (TPSA) is 76.5 Å². The third-order valence-electron chi connectivity index (χ3n) is 2.81. The number of nitrogens with zero attached hydrogens (tertiary/aromatic N) is 3. The average Bonchev–Trinajstić information content (AvgIpc) is 2.78. The summed E-state index contributed by atoms with van der Waals surface area (Å²) >= 11 is 0. The van der Waals surface area contributed by atoms with Crippen LogP contribution in [-0.2, 0) is 23.0 Å². The number of aromatic nitrogens is 2. The van der Waals surface area contributed by atoms with Crippen LogP contribution in [0.2, 0.25) is 0 Å². The molecular formula is C15H26N4O3. The smallest absolute Gasteiger partial charge is 0.410 e. The van der Waals surface area contributed by atoms with Crippen LogP contribution >= 0.6 is 0 Å². The van der Waals surface area contributed by atoms with Gasteiger partial charge in [0, 0.05) is 26.8 Å². The quantitative estimate of drug-likeness (QED) is 0.804. The average molecular weight is 310 g/mol. The first kappa shape index (κ1) is 18.0. The first-order chi connectivity index (χ1) is 10.2. The van der Waals surface area contributed by atoms with E-state index in [0.29, 0.717) is 6.54 Å². The number of likely N-dealkylation sites (N-methyl/N-ethyl adjacent to an activating group) is 1. The number of ether oxygens (including phenoxy) is 1. The summed E-state index contributed by atoms with van der Waals surface area (Å²) in [6, 6.07) is 0. The number of carbonyl (C=O) groups is 2. The molecule has 0 spiro atoms. The van der Waals surface area contributed by atoms with Crippen LogP contribution in [0, 0.1) is 0 Å². The van der Waals surface area contributed by atoms with E-state index in [1.54, 1.807) is 32.5 Å². The van der Waals surface area contributed by atoms with Crippen molar-refractivity contribution in [2.24, 2.45) is 7.05 Å². The van der Waals surface area contributed by atoms with Gasteiger partial charge in [0.15, 0.2) is 0 Å². The van der Waals surface area contributed by atoms with Crippen LogP contribution in [0.25, 0.3) is 0 Å². The van der Waals surface area contributed by atoms with Crippen LogP contribution in [0.15, 0.2) is 12.4 Å². The fraction of sp³-hybridized carbons (Fsp3) is 0.667. The van der Waals surface area contributed by atoms with Gasteiger partial charge in [-0.1, -0.05) is 0 Å². The van der Waals surface area contributed by atoms with Crippen LogP contribution < -0.4 is 5.32 Å². The highest BCUT2D eigenvalue weighted by molar-refractivity contribution is 5.82. The van der Waals surface area contributed by atoms with Crippen molar-refractivity contribution in [2.75, 3.05) is 20.1 Å². The van der Waals surface area contributed by atoms with Crippen molar-refractivity contribution in [2.45, 2.75) is 39.2 Å². The lowest BCUT2D eigenvalue weighted by atomic mass is 10.2. The Labute approximate surface area is 131 Å². The molecule has 0 unspecified atom stereocenters. The van der Waals surface area contributed by atoms with Crippen molar-refractivity contribution in [1.82, 2.24) is 20.0 Å². The Balaban J connectivity index is 2.21. The monoisotopic (exact) mass is 310 g/mol. The molecule has 1 N–H and O–H groups in total. The van der Waals surface area contributed by atoms with Crippen LogP contribution in [-0.4, -0.2) is 52.4 Å². The van der Waals surface area contributed by atoms with Crippen LogP contribution in [0.5, 0.6) is 0 Å². The van der Waals surface area contributed by atoms with Crippen LogP contribution in [0.1, 0.15) is 32.8 Å². The van der Waals surface area contributed by atoms with Gasteiger partial charge in [-0.15, -0.1) is 0 Å². The van der Waals surface area contributed by atoms with Gasteiger partial charge >= 0.3 is 6.09 Å². The Morgan fingerprint density at radius 3 is 2.64 bits per heavy atom. The van der Waals surface area contributed by atoms with E-state index in [-0.39, 0.29) is 12.5 Å². The first-order valence-corrected chi connectivity index (χ1v) is 7.36. The van der Waals surface area contributed by atoms with Crippen molar-refractivity contribution < 1.29 is 14.3 Å². The lowest BCUT2D eigenvalue weighted by Gasteiger charge is -2.24. The number of nitrogens with one attached hydrogen (secondary N) is 1. The van der Waals surface area contributed by atoms with Crippen molar-refractivity contribution in [3.05, 3.63) is 18.0 Å². The second kappa shape index (κ2) is 7.82. The highest BCUT2D eigenvalue weighted by Gasteiger charge is 2.20. The Morgan fingerprint density at radius 1 is 1.41 bits per heavy atom. The zero-order valence-corrected chi connectivity index (χ0v) is 14.0. The zero-order chi connectivity index (χ0) is 16.8. The maximum atomic E-state index is 11.8. The number of hydrogen-bond donors (Lipinski definition) is 1. The molecule has 1 aromatic heterocycles. The number of rotatable bonds is 6. The number of amides is 2. The summed E-state index contributed by atoms with van der Waals surface area (Å²) in [7, 11) is 3.42. The number of carbonyl (C=O) groups excluding carboxylic acids is 2. The summed E-state index contributed by atoms with van der Waals surface area (Å²) in [5, 5.41) is 6.88. The molecule has 0 atom stereocenters. The van der Waals surface area contributed by atoms with E-state index < -0.39 is 11.7 Å². The molecule has 0 aliphatic rings. The van der Waals surface area contributed by atoms with Gasteiger partial charge in [-0.2, -0.15) is 5.10 Å². The first-order valence-electron chi connectivity index (χ1n) is 7.36. The highest BCUT2D eigenvalue weighted by Crippen LogP contribution is 2.08. The van der Waals surface area contributed by atoms with Gasteiger partial charge in [-0.05, 0) is 39.2 Å². The summed E-state index contributed by atoms with van der Waals surface area (Å²) in [6.45, 7) is 5.92. The minimum atomic E-state index is -0.564. The normalized spacial score (nSPS) is 11.1. The summed E-state index contributed by atoms with van der Waals surface area (Å²) in [5.41, 5.74) is 0.577. The Bertz CT molecular complexity index is 505. The predicted molar refractivity (Wildman–Crippen MR) is 83.4 cm³/mol. The molecule has 0 fully saturated rings. The number of hydrogen-bond acceptors (Lipinski definition) is 4. The van der Waals surface area contributed by atoms with Crippen LogP contribution in [0.4, 0.5) is 4.79 Å². The van der Waals surface area contributed by atoms with Gasteiger partial charge < -0.3 is 15.0 Å². The molecule has 7 nitrogen and oxygen atoms in total. The fourth-order valence-electron chi connectivity index (χ4n) is 1.80. The molecule has 0 aliphatic heterocycles. The molecule has 0 radical (unpaired) electrons. The van der Waals surface area contributed by atoms with Gasteiger partial charge in [0.2, 0.25) is 5.91 Å². The summed E-state index contributed by atoms with van der Waals surface area (Å²) < 4.78 is 6.94. The number of aryl methyl sites for hydroxylation is 2. The Morgan fingerprint density at radius 2 is 2.09 bits per heavy atom. The molecule has 7 heteroatoms. The van der Waals surface area contributed by atoms with E-state index in [1.165, 1.54) is 4.90 Å². The van der Waals surface area contributed by atoms with Crippen molar-refractivity contribution >= 4 is 12.0 Å². The molecule has 0 saturated carbocycles. The van der Waals surface area contributed by atoms with E-state index in [1.807, 2.05) is 19.4 Å². The van der Waals surface area contributed by atoms with E-state index in [0.717, 1.165) is 18.4 Å². The molecule has 22 heavy (non-hydrogen) atoms. The molecule has 2 amide bonds. The molecule has 1 aromatic rings. The maximum absolute atomic E-state index is 11.8. The van der Waals surface area contributed by atoms with Crippen molar-refractivity contribution in [3.8, 4) is 0 Å². The van der Waals surface area contributed by atoms with Crippen LogP contribution in [0.3, 0.4) is 0 Å². The highest BCUT2D eigenvalue weighted by atomic mass is 16.6. The summed E-state index contributed by atoms with van der Waals surface area (Å²) in [6.07, 6.45) is 4.96. The SMILES string of the molecule is CN(CC(=O)NCCCc1cnn(C)c1)C(=O)OC(C)(C)C. The lowest BCUT2D eigenvalue weighted by molar-refractivity contribution is -0.122. The largest absolute Gasteiger partial charge is 0.444 e. The molecule has 0 saturated heterocycles. The minimum absolute atomic E-state index is 0.0121. The van der Waals surface area contributed by atoms with Gasteiger partial charge in [0.1, 0.15) is 12.1 Å². The third-order valence-corrected chi connectivity index (χ3v) is 2.81. The molecule has 0 aromatic carbocycles. The fourth-order valence-corrected chi connectivity index (χ4v) is 1.80. The second-order valence-electron chi connectivity index (χ2n) is 6.31. The summed E-state index contributed by atoms with van der Waals surface area (Å²) in [4.78, 5) is 24.8. The Hall–Kier alpha value is -2.05. The summed E-state index contributed by atoms with van der Waals surface area (Å²) in [5.74, 6) is -0.195. The van der Waals surface area contributed by atoms with Gasteiger partial charge in [0.25, 0.3) is 0 Å². The molecule has 0 bridgehead atoms. The van der Waals surface area contributed by atoms with Gasteiger partial charge in [-0.3, -0.25) is 9.48 Å². The van der Waals surface area contributed by atoms with E-state index in [2.05, 4.69) is 10.4 Å². The van der Waals surface area contributed by atoms with E-state index >= 15 is 0 Å². The van der Waals surface area contributed by atoms with E-state index in [9.17, 15) is 9.59 Å². The minimum Gasteiger partial charge on any atom is -0.444 e. The molecule has 1 rings (SSSR count). The lowest BCUT2D eigenvalue weighted by Crippen LogP contribution is -2.41. The third kappa shape index (κ3) is 7.10. The zero-order valence-electron chi connectivity index (χ0n) is 14.0. The standard InChI is InChI=1S/C15H26N4O3/c1-15(2,3)22-14(21)18(4)11-13(20)16-8-6-7-12-9-17-19(5)10-12/h9-10H,6-8,11H2,1-5H3,(H,16,20). The maximum Gasteiger partial charge on any atom is 0.410 e. The molecule has 124 valence electrons. The molecule has 0 aliphatic carbocycles. The molecule has 1 heterocycles. The molecular weight excluding hydrogens is 284 g/mol. The van der Waals surface area contributed by atoms with Crippen molar-refractivity contribution in [3.63, 3.8) is 0 Å². The second-order valence-corrected chi connectivity index (χ2v) is 6.31. The predicted octanol–water partition coefficient (Wildman–Crippen LogP) is 1.34. The van der Waals surface area contributed by atoms with Crippen molar-refractivity contribution in [1.29, 1.82) is 0 Å². The van der Waals surface area contributed by atoms with Gasteiger partial charge in [-0.25, -0.2) is 4.79 Å². The Kier molecular flexibility index (Phi) is 6.39.